The van der Waals surface area contributed by atoms with Crippen LogP contribution in [0.2, 0.25) is 0 Å². The minimum atomic E-state index is -0.566. The van der Waals surface area contributed by atoms with Crippen molar-refractivity contribution >= 4 is 5.91 Å². The Bertz CT molecular complexity index is 416. The zero-order valence-electron chi connectivity index (χ0n) is 9.28. The van der Waals surface area contributed by atoms with Crippen LogP contribution in [0.3, 0.4) is 0 Å². The molecule has 1 amide bonds. The number of carbonyl (C=O) groups excluding carboxylic acids is 1. The second kappa shape index (κ2) is 5.14. The molecule has 1 fully saturated rings. The summed E-state index contributed by atoms with van der Waals surface area (Å²) in [6.45, 7) is 1.88. The number of ether oxygens (including phenoxy) is 1. The summed E-state index contributed by atoms with van der Waals surface area (Å²) in [5, 5.41) is 12.1. The van der Waals surface area contributed by atoms with Crippen LogP contribution in [0.5, 0.6) is 5.75 Å². The monoisotopic (exact) mass is 239 g/mol. The molecule has 5 heteroatoms. The first-order valence-corrected chi connectivity index (χ1v) is 5.51. The highest BCUT2D eigenvalue weighted by Crippen LogP contribution is 2.18. The Hall–Kier alpha value is -1.62. The molecule has 0 aliphatic carbocycles. The SMILES string of the molecule is O=C(NCC1CCOC1)c1ccc(F)cc1O. The lowest BCUT2D eigenvalue weighted by Gasteiger charge is -2.10. The second-order valence-corrected chi connectivity index (χ2v) is 4.10. The second-order valence-electron chi connectivity index (χ2n) is 4.10. The quantitative estimate of drug-likeness (QED) is 0.835. The number of rotatable bonds is 3. The van der Waals surface area contributed by atoms with E-state index < -0.39 is 11.7 Å². The fraction of sp³-hybridized carbons (Fsp3) is 0.417. The van der Waals surface area contributed by atoms with E-state index in [9.17, 15) is 14.3 Å². The number of hydrogen-bond acceptors (Lipinski definition) is 3. The van der Waals surface area contributed by atoms with Crippen LogP contribution in [0.1, 0.15) is 16.8 Å². The van der Waals surface area contributed by atoms with Gasteiger partial charge in [-0.3, -0.25) is 4.79 Å². The van der Waals surface area contributed by atoms with Crippen molar-refractivity contribution in [2.24, 2.45) is 5.92 Å². The van der Waals surface area contributed by atoms with Gasteiger partial charge in [-0.2, -0.15) is 0 Å². The van der Waals surface area contributed by atoms with Gasteiger partial charge in [0.15, 0.2) is 0 Å². The molecule has 0 aromatic heterocycles. The van der Waals surface area contributed by atoms with Crippen molar-refractivity contribution in [3.63, 3.8) is 0 Å². The highest BCUT2D eigenvalue weighted by atomic mass is 19.1. The average molecular weight is 239 g/mol. The lowest BCUT2D eigenvalue weighted by molar-refractivity contribution is 0.0942. The molecule has 1 aliphatic heterocycles. The van der Waals surface area contributed by atoms with Crippen LogP contribution in [-0.4, -0.2) is 30.8 Å². The van der Waals surface area contributed by atoms with Crippen molar-refractivity contribution in [2.45, 2.75) is 6.42 Å². The van der Waals surface area contributed by atoms with E-state index in [4.69, 9.17) is 4.74 Å². The van der Waals surface area contributed by atoms with E-state index in [2.05, 4.69) is 5.32 Å². The lowest BCUT2D eigenvalue weighted by Crippen LogP contribution is -2.29. The van der Waals surface area contributed by atoms with Gasteiger partial charge < -0.3 is 15.2 Å². The van der Waals surface area contributed by atoms with Gasteiger partial charge in [-0.15, -0.1) is 0 Å². The van der Waals surface area contributed by atoms with E-state index in [1.807, 2.05) is 0 Å². The summed E-state index contributed by atoms with van der Waals surface area (Å²) in [7, 11) is 0. The Morgan fingerprint density at radius 1 is 1.59 bits per heavy atom. The molecule has 1 heterocycles. The van der Waals surface area contributed by atoms with E-state index in [0.29, 0.717) is 19.1 Å². The summed E-state index contributed by atoms with van der Waals surface area (Å²) in [5.41, 5.74) is 0.0883. The molecule has 17 heavy (non-hydrogen) atoms. The highest BCUT2D eigenvalue weighted by Gasteiger charge is 2.18. The summed E-state index contributed by atoms with van der Waals surface area (Å²) in [4.78, 5) is 11.7. The van der Waals surface area contributed by atoms with Crippen molar-refractivity contribution in [1.82, 2.24) is 5.32 Å². The Labute approximate surface area is 98.4 Å². The number of hydrogen-bond donors (Lipinski definition) is 2. The standard InChI is InChI=1S/C12H14FNO3/c13-9-1-2-10(11(15)5-9)12(16)14-6-8-3-4-17-7-8/h1-2,5,8,15H,3-4,6-7H2,(H,14,16). The number of halogens is 1. The number of benzene rings is 1. The molecule has 4 nitrogen and oxygen atoms in total. The van der Waals surface area contributed by atoms with Crippen molar-refractivity contribution in [1.29, 1.82) is 0 Å². The number of phenolic OH excluding ortho intramolecular Hbond substituents is 1. The van der Waals surface area contributed by atoms with Gasteiger partial charge in [0.1, 0.15) is 11.6 Å². The third-order valence-electron chi connectivity index (χ3n) is 2.78. The molecule has 0 spiro atoms. The molecule has 1 aromatic rings. The minimum Gasteiger partial charge on any atom is -0.507 e. The van der Waals surface area contributed by atoms with Crippen molar-refractivity contribution < 1.29 is 19.0 Å². The van der Waals surface area contributed by atoms with Crippen LogP contribution in [-0.2, 0) is 4.74 Å². The predicted molar refractivity (Wildman–Crippen MR) is 59.3 cm³/mol. The Morgan fingerprint density at radius 2 is 2.41 bits per heavy atom. The summed E-state index contributed by atoms with van der Waals surface area (Å²) in [6, 6.07) is 3.34. The van der Waals surface area contributed by atoms with Crippen LogP contribution < -0.4 is 5.32 Å². The third kappa shape index (κ3) is 2.94. The van der Waals surface area contributed by atoms with Gasteiger partial charge in [0.2, 0.25) is 0 Å². The summed E-state index contributed by atoms with van der Waals surface area (Å²) < 4.78 is 17.9. The maximum atomic E-state index is 12.7. The van der Waals surface area contributed by atoms with E-state index in [-0.39, 0.29) is 11.3 Å². The van der Waals surface area contributed by atoms with Gasteiger partial charge in [-0.05, 0) is 18.6 Å². The number of amides is 1. The van der Waals surface area contributed by atoms with Gasteiger partial charge in [0.25, 0.3) is 5.91 Å². The molecule has 2 rings (SSSR count). The maximum absolute atomic E-state index is 12.7. The van der Waals surface area contributed by atoms with Gasteiger partial charge in [-0.25, -0.2) is 4.39 Å². The molecule has 1 unspecified atom stereocenters. The zero-order chi connectivity index (χ0) is 12.3. The van der Waals surface area contributed by atoms with Crippen molar-refractivity contribution in [2.75, 3.05) is 19.8 Å². The molecule has 0 bridgehead atoms. The van der Waals surface area contributed by atoms with E-state index in [1.165, 1.54) is 6.07 Å². The van der Waals surface area contributed by atoms with Crippen LogP contribution in [0, 0.1) is 11.7 Å². The van der Waals surface area contributed by atoms with Crippen LogP contribution in [0.4, 0.5) is 4.39 Å². The molecule has 1 aliphatic rings. The smallest absolute Gasteiger partial charge is 0.255 e. The Kier molecular flexibility index (Phi) is 3.58. The molecule has 0 radical (unpaired) electrons. The minimum absolute atomic E-state index is 0.0883. The molecule has 92 valence electrons. The molecular formula is C12H14FNO3. The van der Waals surface area contributed by atoms with Crippen molar-refractivity contribution in [3.05, 3.63) is 29.6 Å². The van der Waals surface area contributed by atoms with Crippen LogP contribution in [0.25, 0.3) is 0 Å². The fourth-order valence-electron chi connectivity index (χ4n) is 1.77. The Balaban J connectivity index is 1.94. The first kappa shape index (κ1) is 11.9. The van der Waals surface area contributed by atoms with Gasteiger partial charge in [0.05, 0.1) is 12.2 Å². The average Bonchev–Trinajstić information content (AvgIpc) is 2.78. The largest absolute Gasteiger partial charge is 0.507 e. The normalized spacial score (nSPS) is 19.2. The maximum Gasteiger partial charge on any atom is 0.255 e. The molecule has 2 N–H and O–H groups in total. The third-order valence-corrected chi connectivity index (χ3v) is 2.78. The van der Waals surface area contributed by atoms with Crippen molar-refractivity contribution in [3.8, 4) is 5.75 Å². The number of nitrogens with one attached hydrogen (secondary N) is 1. The summed E-state index contributed by atoms with van der Waals surface area (Å²) in [5.74, 6) is -0.982. The molecule has 1 aromatic carbocycles. The number of aromatic hydroxyl groups is 1. The molecule has 1 saturated heterocycles. The van der Waals surface area contributed by atoms with E-state index >= 15 is 0 Å². The predicted octanol–water partition coefficient (Wildman–Crippen LogP) is 1.30. The van der Waals surface area contributed by atoms with Gasteiger partial charge in [0, 0.05) is 25.1 Å². The van der Waals surface area contributed by atoms with Crippen LogP contribution >= 0.6 is 0 Å². The summed E-state index contributed by atoms with van der Waals surface area (Å²) >= 11 is 0. The summed E-state index contributed by atoms with van der Waals surface area (Å²) in [6.07, 6.45) is 0.926. The molecule has 1 atom stereocenters. The fourth-order valence-corrected chi connectivity index (χ4v) is 1.77. The number of carbonyl (C=O) groups is 1. The zero-order valence-corrected chi connectivity index (χ0v) is 9.28. The van der Waals surface area contributed by atoms with E-state index in [1.54, 1.807) is 0 Å². The Morgan fingerprint density at radius 3 is 3.06 bits per heavy atom. The molecular weight excluding hydrogens is 225 g/mol. The van der Waals surface area contributed by atoms with Gasteiger partial charge in [-0.1, -0.05) is 0 Å². The first-order valence-electron chi connectivity index (χ1n) is 5.51. The lowest BCUT2D eigenvalue weighted by atomic mass is 10.1. The van der Waals surface area contributed by atoms with Crippen LogP contribution in [0.15, 0.2) is 18.2 Å². The van der Waals surface area contributed by atoms with E-state index in [0.717, 1.165) is 25.2 Å². The first-order chi connectivity index (χ1) is 8.16. The van der Waals surface area contributed by atoms with Gasteiger partial charge >= 0.3 is 0 Å². The number of phenols is 1. The topological polar surface area (TPSA) is 58.6 Å². The highest BCUT2D eigenvalue weighted by molar-refractivity contribution is 5.96. The molecule has 0 saturated carbocycles.